The molecule has 4 rings (SSSR count). The van der Waals surface area contributed by atoms with Gasteiger partial charge in [-0.05, 0) is 55.3 Å². The summed E-state index contributed by atoms with van der Waals surface area (Å²) >= 11 is 0. The first-order valence-electron chi connectivity index (χ1n) is 10.3. The van der Waals surface area contributed by atoms with E-state index in [4.69, 9.17) is 0 Å². The zero-order chi connectivity index (χ0) is 24.6. The largest absolute Gasteiger partial charge is 0.292 e. The highest BCUT2D eigenvalue weighted by molar-refractivity contribution is 6.22. The van der Waals surface area contributed by atoms with Crippen molar-refractivity contribution in [1.29, 1.82) is 0 Å². The molecule has 170 valence electrons. The van der Waals surface area contributed by atoms with E-state index in [9.17, 15) is 29.3 Å². The molecule has 0 saturated heterocycles. The Morgan fingerprint density at radius 1 is 0.853 bits per heavy atom. The first-order chi connectivity index (χ1) is 16.2. The van der Waals surface area contributed by atoms with Gasteiger partial charge in [-0.2, -0.15) is 5.01 Å². The fourth-order valence-corrected chi connectivity index (χ4v) is 3.65. The molecule has 1 heterocycles. The highest BCUT2D eigenvalue weighted by Gasteiger charge is 2.42. The van der Waals surface area contributed by atoms with Crippen LogP contribution in [0.5, 0.6) is 0 Å². The number of Topliss-reactive ketones (excluding diaryl/α,β-unsaturated/α-hetero) is 1. The van der Waals surface area contributed by atoms with Crippen LogP contribution >= 0.6 is 0 Å². The van der Waals surface area contributed by atoms with E-state index < -0.39 is 35.0 Å². The van der Waals surface area contributed by atoms with Crippen molar-refractivity contribution in [2.24, 2.45) is 0 Å². The molecule has 0 radical (unpaired) electrons. The van der Waals surface area contributed by atoms with E-state index in [1.165, 1.54) is 24.3 Å². The lowest BCUT2D eigenvalue weighted by Crippen LogP contribution is -2.51. The molecule has 3 aromatic rings. The predicted molar refractivity (Wildman–Crippen MR) is 121 cm³/mol. The van der Waals surface area contributed by atoms with Gasteiger partial charge in [-0.15, -0.1) is 0 Å². The second-order valence-electron chi connectivity index (χ2n) is 7.86. The average Bonchev–Trinajstić information content (AvgIpc) is 3.08. The third kappa shape index (κ3) is 3.95. The first kappa shape index (κ1) is 22.5. The second-order valence-corrected chi connectivity index (χ2v) is 7.86. The van der Waals surface area contributed by atoms with E-state index in [0.29, 0.717) is 10.6 Å². The molecule has 0 N–H and O–H groups in total. The van der Waals surface area contributed by atoms with Gasteiger partial charge >= 0.3 is 0 Å². The number of carbonyl (C=O) groups is 4. The summed E-state index contributed by atoms with van der Waals surface area (Å²) in [5.74, 6) is -2.76. The van der Waals surface area contributed by atoms with Crippen molar-refractivity contribution in [3.63, 3.8) is 0 Å². The molecule has 0 bridgehead atoms. The number of hydrogen-bond donors (Lipinski definition) is 0. The molecule has 9 nitrogen and oxygen atoms in total. The normalized spacial score (nSPS) is 12.5. The van der Waals surface area contributed by atoms with Gasteiger partial charge < -0.3 is 0 Å². The summed E-state index contributed by atoms with van der Waals surface area (Å²) in [4.78, 5) is 63.0. The minimum absolute atomic E-state index is 0.0185. The number of rotatable bonds is 6. The number of ketones is 1. The summed E-state index contributed by atoms with van der Waals surface area (Å²) in [5, 5.41) is 12.4. The lowest BCUT2D eigenvalue weighted by atomic mass is 10.0. The quantitative estimate of drug-likeness (QED) is 0.241. The zero-order valence-electron chi connectivity index (χ0n) is 18.3. The Hall–Kier alpha value is -4.66. The van der Waals surface area contributed by atoms with Gasteiger partial charge in [-0.1, -0.05) is 24.3 Å². The molecular weight excluding hydrogens is 438 g/mol. The monoisotopic (exact) mass is 457 g/mol. The zero-order valence-corrected chi connectivity index (χ0v) is 18.3. The van der Waals surface area contributed by atoms with Gasteiger partial charge in [0.25, 0.3) is 23.4 Å². The second kappa shape index (κ2) is 8.70. The van der Waals surface area contributed by atoms with Crippen LogP contribution in [0.1, 0.15) is 52.6 Å². The fourth-order valence-electron chi connectivity index (χ4n) is 3.65. The van der Waals surface area contributed by atoms with Crippen LogP contribution in [-0.4, -0.2) is 45.0 Å². The Kier molecular flexibility index (Phi) is 5.77. The number of nitro benzene ring substituents is 1. The van der Waals surface area contributed by atoms with Crippen LogP contribution in [0.25, 0.3) is 0 Å². The van der Waals surface area contributed by atoms with E-state index in [2.05, 4.69) is 0 Å². The number of aryl methyl sites for hydroxylation is 2. The van der Waals surface area contributed by atoms with Crippen molar-refractivity contribution in [3.05, 3.63) is 110 Å². The van der Waals surface area contributed by atoms with Gasteiger partial charge in [0.05, 0.1) is 16.1 Å². The van der Waals surface area contributed by atoms with E-state index in [0.717, 1.165) is 28.3 Å². The lowest BCUT2D eigenvalue weighted by molar-refractivity contribution is -0.384. The van der Waals surface area contributed by atoms with Gasteiger partial charge in [0.1, 0.15) is 6.54 Å². The van der Waals surface area contributed by atoms with Crippen LogP contribution in [0.15, 0.2) is 66.7 Å². The minimum Gasteiger partial charge on any atom is -0.292 e. The molecule has 0 aliphatic carbocycles. The van der Waals surface area contributed by atoms with Gasteiger partial charge in [0, 0.05) is 23.3 Å². The number of carbonyl (C=O) groups excluding carboxylic acids is 4. The third-order valence-corrected chi connectivity index (χ3v) is 5.70. The predicted octanol–water partition coefficient (Wildman–Crippen LogP) is 3.75. The van der Waals surface area contributed by atoms with Gasteiger partial charge in [-0.3, -0.25) is 29.3 Å². The number of nitro groups is 1. The lowest BCUT2D eigenvalue weighted by Gasteiger charge is -2.29. The molecule has 9 heteroatoms. The maximum Gasteiger partial charge on any atom is 0.280 e. The highest BCUT2D eigenvalue weighted by Crippen LogP contribution is 2.26. The van der Waals surface area contributed by atoms with Crippen molar-refractivity contribution < 1.29 is 24.1 Å². The van der Waals surface area contributed by atoms with Gasteiger partial charge in [0.2, 0.25) is 0 Å². The van der Waals surface area contributed by atoms with Gasteiger partial charge in [-0.25, -0.2) is 5.01 Å². The van der Waals surface area contributed by atoms with Crippen LogP contribution < -0.4 is 0 Å². The van der Waals surface area contributed by atoms with Crippen molar-refractivity contribution >= 4 is 29.2 Å². The Bertz CT molecular complexity index is 1330. The van der Waals surface area contributed by atoms with E-state index in [-0.39, 0.29) is 22.4 Å². The smallest absolute Gasteiger partial charge is 0.280 e. The molecule has 0 saturated carbocycles. The van der Waals surface area contributed by atoms with Crippen LogP contribution in [0, 0.1) is 24.0 Å². The van der Waals surface area contributed by atoms with E-state index in [1.54, 1.807) is 30.3 Å². The maximum absolute atomic E-state index is 13.4. The Balaban J connectivity index is 1.73. The molecule has 0 aromatic heterocycles. The van der Waals surface area contributed by atoms with Gasteiger partial charge in [0.15, 0.2) is 5.78 Å². The average molecular weight is 457 g/mol. The maximum atomic E-state index is 13.4. The SMILES string of the molecule is Cc1ccc(C(=O)CN(C(=O)c2ccc([N+](=O)[O-])cc2)N2C(=O)c3ccccc3C2=O)cc1C. The number of imide groups is 1. The van der Waals surface area contributed by atoms with Crippen molar-refractivity contribution in [3.8, 4) is 0 Å². The number of amides is 3. The molecule has 3 amide bonds. The Morgan fingerprint density at radius 2 is 1.41 bits per heavy atom. The van der Waals surface area contributed by atoms with Crippen molar-refractivity contribution in [1.82, 2.24) is 10.0 Å². The van der Waals surface area contributed by atoms with Crippen LogP contribution in [0.4, 0.5) is 5.69 Å². The summed E-state index contributed by atoms with van der Waals surface area (Å²) in [7, 11) is 0. The standard InChI is InChI=1S/C25H19N3O6/c1-15-7-8-18(13-16(15)2)22(29)14-26(23(30)17-9-11-19(12-10-17)28(33)34)27-24(31)20-5-3-4-6-21(20)25(27)32/h3-13H,14H2,1-2H3. The number of hydrogen-bond acceptors (Lipinski definition) is 6. The van der Waals surface area contributed by atoms with Crippen molar-refractivity contribution in [2.75, 3.05) is 6.54 Å². The molecule has 3 aromatic carbocycles. The number of fused-ring (bicyclic) bond motifs is 1. The van der Waals surface area contributed by atoms with Crippen LogP contribution in [0.2, 0.25) is 0 Å². The first-order valence-corrected chi connectivity index (χ1v) is 10.3. The van der Waals surface area contributed by atoms with E-state index in [1.807, 2.05) is 13.8 Å². The van der Waals surface area contributed by atoms with Crippen molar-refractivity contribution in [2.45, 2.75) is 13.8 Å². The molecule has 0 spiro atoms. The van der Waals surface area contributed by atoms with Crippen LogP contribution in [-0.2, 0) is 0 Å². The number of hydrazine groups is 1. The molecule has 34 heavy (non-hydrogen) atoms. The molecule has 0 atom stereocenters. The minimum atomic E-state index is -0.818. The fraction of sp³-hybridized carbons (Fsp3) is 0.120. The molecule has 0 fully saturated rings. The third-order valence-electron chi connectivity index (χ3n) is 5.70. The van der Waals surface area contributed by atoms with Crippen LogP contribution in [0.3, 0.4) is 0 Å². The molecule has 1 aliphatic heterocycles. The van der Waals surface area contributed by atoms with E-state index >= 15 is 0 Å². The molecular formula is C25H19N3O6. The Morgan fingerprint density at radius 3 is 1.94 bits per heavy atom. The summed E-state index contributed by atoms with van der Waals surface area (Å²) < 4.78 is 0. The molecule has 1 aliphatic rings. The summed E-state index contributed by atoms with van der Waals surface area (Å²) in [6, 6.07) is 15.9. The summed E-state index contributed by atoms with van der Waals surface area (Å²) in [6.45, 7) is 3.16. The topological polar surface area (TPSA) is 118 Å². The summed E-state index contributed by atoms with van der Waals surface area (Å²) in [5.41, 5.74) is 2.17. The number of benzene rings is 3. The number of non-ortho nitro benzene ring substituents is 1. The Labute approximate surface area is 194 Å². The number of nitrogens with zero attached hydrogens (tertiary/aromatic N) is 3. The highest BCUT2D eigenvalue weighted by atomic mass is 16.6. The molecule has 0 unspecified atom stereocenters. The summed E-state index contributed by atoms with van der Waals surface area (Å²) in [6.07, 6.45) is 0.